The molecule has 1 aromatic rings. The molecule has 7 heteroatoms. The molecule has 7 nitrogen and oxygen atoms in total. The van der Waals surface area contributed by atoms with Crippen molar-refractivity contribution in [2.75, 3.05) is 26.9 Å². The number of oxazole rings is 1. The number of nitrogens with zero attached hydrogens (tertiary/aromatic N) is 2. The van der Waals surface area contributed by atoms with Gasteiger partial charge in [0, 0.05) is 25.7 Å². The second-order valence-electron chi connectivity index (χ2n) is 6.26. The molecule has 0 bridgehead atoms. The molecule has 0 aliphatic heterocycles. The van der Waals surface area contributed by atoms with Gasteiger partial charge in [0.25, 0.3) is 0 Å². The maximum atomic E-state index is 12.9. The number of carbonyl (C=O) groups is 2. The van der Waals surface area contributed by atoms with E-state index in [4.69, 9.17) is 9.15 Å². The molecule has 1 aliphatic rings. The number of hydrogen-bond donors (Lipinski definition) is 0. The van der Waals surface area contributed by atoms with Gasteiger partial charge in [-0.15, -0.1) is 0 Å². The van der Waals surface area contributed by atoms with Crippen LogP contribution in [0.1, 0.15) is 61.8 Å². The molecule has 1 fully saturated rings. The fraction of sp³-hybridized carbons (Fsp3) is 0.722. The third kappa shape index (κ3) is 5.85. The van der Waals surface area contributed by atoms with Crippen LogP contribution in [0.3, 0.4) is 0 Å². The average molecular weight is 352 g/mol. The third-order valence-electron chi connectivity index (χ3n) is 4.46. The van der Waals surface area contributed by atoms with Crippen molar-refractivity contribution in [2.24, 2.45) is 5.92 Å². The highest BCUT2D eigenvalue weighted by molar-refractivity contribution is 5.86. The van der Waals surface area contributed by atoms with E-state index in [1.54, 1.807) is 4.90 Å². The van der Waals surface area contributed by atoms with Gasteiger partial charge in [0.15, 0.2) is 5.69 Å². The van der Waals surface area contributed by atoms with Gasteiger partial charge in [-0.3, -0.25) is 4.79 Å². The summed E-state index contributed by atoms with van der Waals surface area (Å²) in [5, 5.41) is 0. The van der Waals surface area contributed by atoms with Crippen LogP contribution in [-0.2, 0) is 20.8 Å². The lowest BCUT2D eigenvalue weighted by Gasteiger charge is -2.28. The molecule has 0 aromatic carbocycles. The Labute approximate surface area is 148 Å². The Morgan fingerprint density at radius 2 is 2.08 bits per heavy atom. The van der Waals surface area contributed by atoms with Gasteiger partial charge in [0.2, 0.25) is 11.8 Å². The molecule has 0 unspecified atom stereocenters. The molecule has 1 aliphatic carbocycles. The lowest BCUT2D eigenvalue weighted by Crippen LogP contribution is -2.37. The lowest BCUT2D eigenvalue weighted by molar-refractivity contribution is -0.137. The van der Waals surface area contributed by atoms with Crippen molar-refractivity contribution >= 4 is 11.9 Å². The second kappa shape index (κ2) is 10.2. The minimum Gasteiger partial charge on any atom is -0.464 e. The summed E-state index contributed by atoms with van der Waals surface area (Å²) in [6.07, 6.45) is 7.33. The van der Waals surface area contributed by atoms with Gasteiger partial charge < -0.3 is 18.8 Å². The van der Waals surface area contributed by atoms with Crippen molar-refractivity contribution in [3.8, 4) is 0 Å². The molecular formula is C18H28N2O5. The molecule has 0 atom stereocenters. The lowest BCUT2D eigenvalue weighted by atomic mass is 9.88. The zero-order chi connectivity index (χ0) is 18.1. The molecular weight excluding hydrogens is 324 g/mol. The number of hydrogen-bond acceptors (Lipinski definition) is 6. The number of methoxy groups -OCH3 is 1. The minimum absolute atomic E-state index is 0.0795. The van der Waals surface area contributed by atoms with E-state index in [0.29, 0.717) is 25.6 Å². The summed E-state index contributed by atoms with van der Waals surface area (Å²) in [4.78, 5) is 30.3. The first-order chi connectivity index (χ1) is 12.2. The predicted molar refractivity (Wildman–Crippen MR) is 90.9 cm³/mol. The molecule has 0 spiro atoms. The molecule has 2 rings (SSSR count). The van der Waals surface area contributed by atoms with Gasteiger partial charge in [-0.2, -0.15) is 0 Å². The smallest absolute Gasteiger partial charge is 0.360 e. The van der Waals surface area contributed by atoms with Crippen LogP contribution in [0.2, 0.25) is 0 Å². The maximum absolute atomic E-state index is 12.9. The minimum atomic E-state index is -0.545. The van der Waals surface area contributed by atoms with Crippen LogP contribution in [-0.4, -0.2) is 48.6 Å². The topological polar surface area (TPSA) is 81.9 Å². The first kappa shape index (κ1) is 19.4. The quantitative estimate of drug-likeness (QED) is 0.502. The van der Waals surface area contributed by atoms with Crippen LogP contribution in [0.25, 0.3) is 0 Å². The van der Waals surface area contributed by atoms with Crippen molar-refractivity contribution in [2.45, 2.75) is 52.0 Å². The normalized spacial score (nSPS) is 15.1. The van der Waals surface area contributed by atoms with E-state index in [9.17, 15) is 9.59 Å². The highest BCUT2D eigenvalue weighted by Crippen LogP contribution is 2.26. The van der Waals surface area contributed by atoms with Gasteiger partial charge in [-0.1, -0.05) is 19.3 Å². The van der Waals surface area contributed by atoms with Gasteiger partial charge in [0.05, 0.1) is 13.7 Å². The summed E-state index contributed by atoms with van der Waals surface area (Å²) in [6.45, 7) is 4.08. The number of aromatic nitrogens is 1. The van der Waals surface area contributed by atoms with Gasteiger partial charge in [0.1, 0.15) is 6.26 Å². The van der Waals surface area contributed by atoms with Crippen molar-refractivity contribution in [3.63, 3.8) is 0 Å². The molecule has 1 saturated carbocycles. The number of esters is 1. The summed E-state index contributed by atoms with van der Waals surface area (Å²) in [6, 6.07) is 0. The summed E-state index contributed by atoms with van der Waals surface area (Å²) in [5.41, 5.74) is 0.122. The van der Waals surface area contributed by atoms with Crippen molar-refractivity contribution in [1.82, 2.24) is 9.88 Å². The fourth-order valence-corrected chi connectivity index (χ4v) is 3.12. The van der Waals surface area contributed by atoms with E-state index in [-0.39, 0.29) is 24.1 Å². The Bertz CT molecular complexity index is 551. The summed E-state index contributed by atoms with van der Waals surface area (Å²) < 4.78 is 15.3. The third-order valence-corrected chi connectivity index (χ3v) is 4.46. The molecule has 1 aromatic heterocycles. The maximum Gasteiger partial charge on any atom is 0.360 e. The zero-order valence-electron chi connectivity index (χ0n) is 15.2. The van der Waals surface area contributed by atoms with Crippen LogP contribution in [0, 0.1) is 5.92 Å². The van der Waals surface area contributed by atoms with E-state index in [1.165, 1.54) is 19.8 Å². The Morgan fingerprint density at radius 1 is 1.32 bits per heavy atom. The van der Waals surface area contributed by atoms with Gasteiger partial charge >= 0.3 is 5.97 Å². The Hall–Kier alpha value is -1.89. The van der Waals surface area contributed by atoms with E-state index < -0.39 is 5.97 Å². The SMILES string of the molecule is CCOCCCN(Cc1nc(C(=O)OC)co1)C(=O)C1CCCCC1. The van der Waals surface area contributed by atoms with Crippen molar-refractivity contribution in [1.29, 1.82) is 0 Å². The molecule has 140 valence electrons. The first-order valence-electron chi connectivity index (χ1n) is 9.05. The van der Waals surface area contributed by atoms with Crippen LogP contribution in [0.5, 0.6) is 0 Å². The summed E-state index contributed by atoms with van der Waals surface area (Å²) >= 11 is 0. The molecule has 0 N–H and O–H groups in total. The van der Waals surface area contributed by atoms with Crippen LogP contribution in [0.4, 0.5) is 0 Å². The van der Waals surface area contributed by atoms with E-state index in [0.717, 1.165) is 32.1 Å². The van der Waals surface area contributed by atoms with E-state index in [2.05, 4.69) is 9.72 Å². The molecule has 1 heterocycles. The van der Waals surface area contributed by atoms with Crippen molar-refractivity contribution < 1.29 is 23.5 Å². The fourth-order valence-electron chi connectivity index (χ4n) is 3.12. The average Bonchev–Trinajstić information content (AvgIpc) is 3.12. The Balaban J connectivity index is 2.00. The standard InChI is InChI=1S/C18H28N2O5/c1-3-24-11-7-10-20(17(21)14-8-5-4-6-9-14)12-16-19-15(13-25-16)18(22)23-2/h13-14H,3-12H2,1-2H3. The number of ether oxygens (including phenoxy) is 2. The predicted octanol–water partition coefficient (Wildman–Crippen LogP) is 2.80. The highest BCUT2D eigenvalue weighted by Gasteiger charge is 2.27. The summed E-state index contributed by atoms with van der Waals surface area (Å²) in [7, 11) is 1.29. The number of amides is 1. The van der Waals surface area contributed by atoms with Crippen molar-refractivity contribution in [3.05, 3.63) is 17.8 Å². The van der Waals surface area contributed by atoms with E-state index in [1.807, 2.05) is 6.92 Å². The monoisotopic (exact) mass is 352 g/mol. The van der Waals surface area contributed by atoms with E-state index >= 15 is 0 Å². The Kier molecular flexibility index (Phi) is 7.91. The van der Waals surface area contributed by atoms with Gasteiger partial charge in [-0.05, 0) is 26.2 Å². The number of carbonyl (C=O) groups excluding carboxylic acids is 2. The molecule has 0 radical (unpaired) electrons. The number of rotatable bonds is 9. The van der Waals surface area contributed by atoms with Crippen LogP contribution in [0.15, 0.2) is 10.7 Å². The van der Waals surface area contributed by atoms with Crippen LogP contribution >= 0.6 is 0 Å². The highest BCUT2D eigenvalue weighted by atomic mass is 16.5. The second-order valence-corrected chi connectivity index (χ2v) is 6.26. The molecule has 0 saturated heterocycles. The van der Waals surface area contributed by atoms with Crippen LogP contribution < -0.4 is 0 Å². The molecule has 1 amide bonds. The Morgan fingerprint density at radius 3 is 2.76 bits per heavy atom. The molecule has 25 heavy (non-hydrogen) atoms. The summed E-state index contributed by atoms with van der Waals surface area (Å²) in [5.74, 6) is 0.0300. The zero-order valence-corrected chi connectivity index (χ0v) is 15.2. The largest absolute Gasteiger partial charge is 0.464 e. The van der Waals surface area contributed by atoms with Gasteiger partial charge in [-0.25, -0.2) is 9.78 Å². The first-order valence-corrected chi connectivity index (χ1v) is 9.05.